The number of aromatic nitrogens is 3. The minimum atomic E-state index is -4.43. The molecule has 2 aromatic rings. The Bertz CT molecular complexity index is 967. The molecule has 0 fully saturated rings. The summed E-state index contributed by atoms with van der Waals surface area (Å²) in [6, 6.07) is 0.985. The molecule has 0 aromatic carbocycles. The first-order chi connectivity index (χ1) is 13.4. The number of halogens is 3. The Hall–Kier alpha value is -2.55. The first kappa shape index (κ1) is 18.8. The average molecular weight is 391 g/mol. The quantitative estimate of drug-likeness (QED) is 0.873. The number of aliphatic imine (C=N–C) groups is 1. The molecule has 2 aromatic heterocycles. The molecule has 0 unspecified atom stereocenters. The number of pyridine rings is 1. The molecular weight excluding hydrogens is 371 g/mol. The number of nitrogens with one attached hydrogen (secondary N) is 1. The van der Waals surface area contributed by atoms with Gasteiger partial charge in [0.25, 0.3) is 5.56 Å². The van der Waals surface area contributed by atoms with E-state index in [0.717, 1.165) is 43.8 Å². The highest BCUT2D eigenvalue weighted by Gasteiger charge is 2.34. The molecule has 0 spiro atoms. The SMILES string of the molecule is O=c1[nH]c(C2=NCCCC2)nc2c1CN(Cc1cnccc1C(F)(F)F)CC2. The molecular formula is C19H20F3N5O. The molecule has 2 aliphatic rings. The summed E-state index contributed by atoms with van der Waals surface area (Å²) in [5.41, 5.74) is 1.25. The van der Waals surface area contributed by atoms with Gasteiger partial charge in [-0.2, -0.15) is 13.2 Å². The number of hydrogen-bond acceptors (Lipinski definition) is 5. The Morgan fingerprint density at radius 1 is 1.21 bits per heavy atom. The standard InChI is InChI=1S/C19H20F3N5O/c20-19(21,22)14-4-7-23-9-12(14)10-27-8-5-15-13(11-27)18(28)26-17(25-15)16-3-1-2-6-24-16/h4,7,9H,1-3,5-6,8,10-11H2,(H,25,26,28). The summed E-state index contributed by atoms with van der Waals surface area (Å²) >= 11 is 0. The lowest BCUT2D eigenvalue weighted by atomic mass is 10.0. The highest BCUT2D eigenvalue weighted by molar-refractivity contribution is 5.97. The van der Waals surface area contributed by atoms with Crippen molar-refractivity contribution in [1.82, 2.24) is 19.9 Å². The Balaban J connectivity index is 1.56. The van der Waals surface area contributed by atoms with Gasteiger partial charge in [0.2, 0.25) is 0 Å². The molecule has 28 heavy (non-hydrogen) atoms. The third-order valence-corrected chi connectivity index (χ3v) is 5.15. The molecule has 4 rings (SSSR count). The Kier molecular flexibility index (Phi) is 5.01. The maximum absolute atomic E-state index is 13.2. The van der Waals surface area contributed by atoms with Gasteiger partial charge in [-0.05, 0) is 30.9 Å². The minimum absolute atomic E-state index is 0.0794. The van der Waals surface area contributed by atoms with Crippen LogP contribution in [-0.2, 0) is 25.7 Å². The molecule has 0 amide bonds. The van der Waals surface area contributed by atoms with Crippen LogP contribution in [-0.4, -0.2) is 38.7 Å². The van der Waals surface area contributed by atoms with Crippen LogP contribution in [0.25, 0.3) is 0 Å². The Labute approximate surface area is 159 Å². The maximum atomic E-state index is 13.2. The molecule has 148 valence electrons. The lowest BCUT2D eigenvalue weighted by molar-refractivity contribution is -0.138. The first-order valence-corrected chi connectivity index (χ1v) is 9.30. The van der Waals surface area contributed by atoms with Crippen molar-refractivity contribution in [3.05, 3.63) is 57.0 Å². The summed E-state index contributed by atoms with van der Waals surface area (Å²) in [6.45, 7) is 1.62. The Morgan fingerprint density at radius 2 is 2.07 bits per heavy atom. The van der Waals surface area contributed by atoms with Crippen LogP contribution >= 0.6 is 0 Å². The predicted octanol–water partition coefficient (Wildman–Crippen LogP) is 2.72. The van der Waals surface area contributed by atoms with Crippen molar-refractivity contribution in [2.45, 2.75) is 44.9 Å². The van der Waals surface area contributed by atoms with Crippen LogP contribution in [0.2, 0.25) is 0 Å². The molecule has 0 radical (unpaired) electrons. The van der Waals surface area contributed by atoms with Crippen LogP contribution in [0.5, 0.6) is 0 Å². The zero-order chi connectivity index (χ0) is 19.7. The van der Waals surface area contributed by atoms with E-state index in [4.69, 9.17) is 0 Å². The highest BCUT2D eigenvalue weighted by Crippen LogP contribution is 2.32. The van der Waals surface area contributed by atoms with E-state index >= 15 is 0 Å². The number of hydrogen-bond donors (Lipinski definition) is 1. The van der Waals surface area contributed by atoms with E-state index in [2.05, 4.69) is 19.9 Å². The van der Waals surface area contributed by atoms with Crippen molar-refractivity contribution < 1.29 is 13.2 Å². The fourth-order valence-electron chi connectivity index (χ4n) is 3.71. The van der Waals surface area contributed by atoms with E-state index in [0.29, 0.717) is 30.0 Å². The molecule has 4 heterocycles. The topological polar surface area (TPSA) is 74.2 Å². The summed E-state index contributed by atoms with van der Waals surface area (Å²) in [4.78, 5) is 30.1. The third-order valence-electron chi connectivity index (χ3n) is 5.15. The number of nitrogens with zero attached hydrogens (tertiary/aromatic N) is 4. The van der Waals surface area contributed by atoms with Gasteiger partial charge in [0, 0.05) is 45.0 Å². The number of H-pyrrole nitrogens is 1. The van der Waals surface area contributed by atoms with E-state index in [9.17, 15) is 18.0 Å². The Morgan fingerprint density at radius 3 is 2.82 bits per heavy atom. The second-order valence-electron chi connectivity index (χ2n) is 7.12. The fourth-order valence-corrected chi connectivity index (χ4v) is 3.71. The van der Waals surface area contributed by atoms with Crippen LogP contribution in [0.4, 0.5) is 13.2 Å². The van der Waals surface area contributed by atoms with Gasteiger partial charge in [-0.1, -0.05) is 0 Å². The second-order valence-corrected chi connectivity index (χ2v) is 7.12. The first-order valence-electron chi connectivity index (χ1n) is 9.30. The van der Waals surface area contributed by atoms with Gasteiger partial charge < -0.3 is 4.98 Å². The third kappa shape index (κ3) is 3.84. The molecule has 9 heteroatoms. The number of fused-ring (bicyclic) bond motifs is 1. The van der Waals surface area contributed by atoms with Crippen LogP contribution < -0.4 is 5.56 Å². The van der Waals surface area contributed by atoms with Crippen molar-refractivity contribution in [3.8, 4) is 0 Å². The summed E-state index contributed by atoms with van der Waals surface area (Å²) in [7, 11) is 0. The monoisotopic (exact) mass is 391 g/mol. The molecule has 0 saturated heterocycles. The molecule has 1 N–H and O–H groups in total. The normalized spacial score (nSPS) is 17.9. The average Bonchev–Trinajstić information content (AvgIpc) is 2.68. The summed E-state index contributed by atoms with van der Waals surface area (Å²) in [5, 5.41) is 0. The molecule has 0 saturated carbocycles. The van der Waals surface area contributed by atoms with Crippen LogP contribution in [0.3, 0.4) is 0 Å². The van der Waals surface area contributed by atoms with Crippen molar-refractivity contribution in [2.24, 2.45) is 4.99 Å². The van der Waals surface area contributed by atoms with Crippen molar-refractivity contribution in [2.75, 3.05) is 13.1 Å². The van der Waals surface area contributed by atoms with Gasteiger partial charge in [0.1, 0.15) is 0 Å². The van der Waals surface area contributed by atoms with Gasteiger partial charge in [0.15, 0.2) is 5.82 Å². The summed E-state index contributed by atoms with van der Waals surface area (Å²) in [5.74, 6) is 0.531. The van der Waals surface area contributed by atoms with E-state index in [1.54, 1.807) is 0 Å². The maximum Gasteiger partial charge on any atom is 0.416 e. The van der Waals surface area contributed by atoms with E-state index in [1.165, 1.54) is 6.20 Å². The molecule has 0 atom stereocenters. The second kappa shape index (κ2) is 7.46. The molecule has 0 aliphatic carbocycles. The largest absolute Gasteiger partial charge is 0.416 e. The van der Waals surface area contributed by atoms with Crippen LogP contribution in [0, 0.1) is 0 Å². The lowest BCUT2D eigenvalue weighted by Gasteiger charge is -2.28. The minimum Gasteiger partial charge on any atom is -0.305 e. The number of aromatic amines is 1. The van der Waals surface area contributed by atoms with E-state index < -0.39 is 11.7 Å². The van der Waals surface area contributed by atoms with E-state index in [-0.39, 0.29) is 24.2 Å². The van der Waals surface area contributed by atoms with Crippen molar-refractivity contribution in [1.29, 1.82) is 0 Å². The number of alkyl halides is 3. The smallest absolute Gasteiger partial charge is 0.305 e. The van der Waals surface area contributed by atoms with Gasteiger partial charge in [0.05, 0.1) is 22.5 Å². The van der Waals surface area contributed by atoms with Crippen LogP contribution in [0.1, 0.15) is 47.5 Å². The molecule has 6 nitrogen and oxygen atoms in total. The van der Waals surface area contributed by atoms with E-state index in [1.807, 2.05) is 4.90 Å². The van der Waals surface area contributed by atoms with Gasteiger partial charge >= 0.3 is 6.18 Å². The lowest BCUT2D eigenvalue weighted by Crippen LogP contribution is -2.36. The molecule has 0 bridgehead atoms. The van der Waals surface area contributed by atoms with Gasteiger partial charge in [-0.3, -0.25) is 19.7 Å². The zero-order valence-corrected chi connectivity index (χ0v) is 15.2. The highest BCUT2D eigenvalue weighted by atomic mass is 19.4. The predicted molar refractivity (Wildman–Crippen MR) is 97.2 cm³/mol. The van der Waals surface area contributed by atoms with Crippen LogP contribution in [0.15, 0.2) is 28.2 Å². The molecule has 2 aliphatic heterocycles. The van der Waals surface area contributed by atoms with Crippen molar-refractivity contribution in [3.63, 3.8) is 0 Å². The summed E-state index contributed by atoms with van der Waals surface area (Å²) in [6.07, 6.45) is 1.34. The summed E-state index contributed by atoms with van der Waals surface area (Å²) < 4.78 is 39.6. The fraction of sp³-hybridized carbons (Fsp3) is 0.474. The van der Waals surface area contributed by atoms with Gasteiger partial charge in [-0.15, -0.1) is 0 Å². The number of rotatable bonds is 3. The zero-order valence-electron chi connectivity index (χ0n) is 15.2. The van der Waals surface area contributed by atoms with Gasteiger partial charge in [-0.25, -0.2) is 4.98 Å². The van der Waals surface area contributed by atoms with Crippen molar-refractivity contribution >= 4 is 5.71 Å².